The lowest BCUT2D eigenvalue weighted by atomic mass is 10.1. The molecule has 1 aromatic heterocycles. The first-order chi connectivity index (χ1) is 9.17. The Labute approximate surface area is 122 Å². The van der Waals surface area contributed by atoms with E-state index in [0.717, 1.165) is 17.0 Å². The van der Waals surface area contributed by atoms with E-state index in [0.29, 0.717) is 23.5 Å². The van der Waals surface area contributed by atoms with Crippen molar-refractivity contribution in [3.8, 4) is 0 Å². The number of rotatable bonds is 7. The van der Waals surface area contributed by atoms with Crippen LogP contribution in [0.15, 0.2) is 0 Å². The Morgan fingerprint density at radius 1 is 1.20 bits per heavy atom. The predicted molar refractivity (Wildman–Crippen MR) is 77.0 cm³/mol. The number of alkyl halides is 3. The minimum atomic E-state index is -4.11. The molecule has 6 heteroatoms. The van der Waals surface area contributed by atoms with Gasteiger partial charge >= 0.3 is 6.18 Å². The molecule has 1 rings (SSSR count). The van der Waals surface area contributed by atoms with Crippen molar-refractivity contribution in [3.63, 3.8) is 0 Å². The lowest BCUT2D eigenvalue weighted by Gasteiger charge is -2.08. The zero-order valence-corrected chi connectivity index (χ0v) is 13.3. The standard InChI is InChI=1S/C14H23F3N2S/c1-9(2)7-11-12(8-18-10(3)4)20-13(19-11)5-6-14(15,16)17/h9-10,18H,5-8H2,1-4H3. The fraction of sp³-hybridized carbons (Fsp3) is 0.786. The second kappa shape index (κ2) is 7.41. The number of halogens is 3. The summed E-state index contributed by atoms with van der Waals surface area (Å²) in [5.74, 6) is 0.449. The van der Waals surface area contributed by atoms with Gasteiger partial charge in [0.15, 0.2) is 0 Å². The van der Waals surface area contributed by atoms with Crippen LogP contribution in [0.1, 0.15) is 49.7 Å². The average Bonchev–Trinajstić information content (AvgIpc) is 2.64. The zero-order chi connectivity index (χ0) is 15.3. The molecule has 0 aliphatic rings. The summed E-state index contributed by atoms with van der Waals surface area (Å²) in [5, 5.41) is 3.91. The number of nitrogens with zero attached hydrogens (tertiary/aromatic N) is 1. The maximum absolute atomic E-state index is 12.3. The van der Waals surface area contributed by atoms with E-state index in [4.69, 9.17) is 0 Å². The SMILES string of the molecule is CC(C)Cc1nc(CCC(F)(F)F)sc1CNC(C)C. The molecule has 0 unspecified atom stereocenters. The van der Waals surface area contributed by atoms with Gasteiger partial charge in [0.1, 0.15) is 0 Å². The van der Waals surface area contributed by atoms with E-state index in [1.165, 1.54) is 11.3 Å². The van der Waals surface area contributed by atoms with Gasteiger partial charge in [0, 0.05) is 30.3 Å². The van der Waals surface area contributed by atoms with E-state index in [-0.39, 0.29) is 6.42 Å². The molecule has 1 N–H and O–H groups in total. The van der Waals surface area contributed by atoms with Gasteiger partial charge in [-0.05, 0) is 12.3 Å². The van der Waals surface area contributed by atoms with Crippen molar-refractivity contribution in [2.24, 2.45) is 5.92 Å². The van der Waals surface area contributed by atoms with Crippen LogP contribution in [0.2, 0.25) is 0 Å². The highest BCUT2D eigenvalue weighted by Crippen LogP contribution is 2.26. The lowest BCUT2D eigenvalue weighted by Crippen LogP contribution is -2.22. The van der Waals surface area contributed by atoms with Gasteiger partial charge in [-0.15, -0.1) is 11.3 Å². The van der Waals surface area contributed by atoms with E-state index < -0.39 is 12.6 Å². The van der Waals surface area contributed by atoms with E-state index in [1.54, 1.807) is 0 Å². The molecule has 0 amide bonds. The van der Waals surface area contributed by atoms with Crippen molar-refractivity contribution in [3.05, 3.63) is 15.6 Å². The number of hydrogen-bond acceptors (Lipinski definition) is 3. The summed E-state index contributed by atoms with van der Waals surface area (Å²) in [6.07, 6.45) is -4.10. The minimum absolute atomic E-state index is 0.0130. The molecule has 1 heterocycles. The van der Waals surface area contributed by atoms with Crippen LogP contribution in [-0.2, 0) is 19.4 Å². The lowest BCUT2D eigenvalue weighted by molar-refractivity contribution is -0.134. The Balaban J connectivity index is 2.76. The van der Waals surface area contributed by atoms with Crippen molar-refractivity contribution in [1.82, 2.24) is 10.3 Å². The summed E-state index contributed by atoms with van der Waals surface area (Å²) in [4.78, 5) is 5.48. The largest absolute Gasteiger partial charge is 0.389 e. The van der Waals surface area contributed by atoms with Crippen molar-refractivity contribution in [1.29, 1.82) is 0 Å². The van der Waals surface area contributed by atoms with Gasteiger partial charge in [-0.25, -0.2) is 4.98 Å². The Morgan fingerprint density at radius 2 is 1.85 bits per heavy atom. The second-order valence-corrected chi connectivity index (χ2v) is 6.89. The average molecular weight is 308 g/mol. The third kappa shape index (κ3) is 6.70. The summed E-state index contributed by atoms with van der Waals surface area (Å²) >= 11 is 1.41. The Morgan fingerprint density at radius 3 is 2.35 bits per heavy atom. The first-order valence-electron chi connectivity index (χ1n) is 6.95. The van der Waals surface area contributed by atoms with Crippen LogP contribution in [0.25, 0.3) is 0 Å². The molecule has 0 radical (unpaired) electrons. The molecule has 0 fully saturated rings. The van der Waals surface area contributed by atoms with Crippen LogP contribution >= 0.6 is 11.3 Å². The van der Waals surface area contributed by atoms with Gasteiger partial charge < -0.3 is 5.32 Å². The molecule has 0 aliphatic heterocycles. The summed E-state index contributed by atoms with van der Waals surface area (Å²) in [5.41, 5.74) is 0.954. The van der Waals surface area contributed by atoms with Crippen LogP contribution in [0.5, 0.6) is 0 Å². The first kappa shape index (κ1) is 17.4. The number of nitrogens with one attached hydrogen (secondary N) is 1. The summed E-state index contributed by atoms with van der Waals surface area (Å²) in [6.45, 7) is 8.97. The van der Waals surface area contributed by atoms with Crippen molar-refractivity contribution >= 4 is 11.3 Å². The van der Waals surface area contributed by atoms with Crippen LogP contribution < -0.4 is 5.32 Å². The first-order valence-corrected chi connectivity index (χ1v) is 7.76. The predicted octanol–water partition coefficient (Wildman–Crippen LogP) is 4.33. The molecule has 0 aliphatic carbocycles. The number of aromatic nitrogens is 1. The molecular weight excluding hydrogens is 285 g/mol. The van der Waals surface area contributed by atoms with E-state index in [9.17, 15) is 13.2 Å². The Kier molecular flexibility index (Phi) is 6.45. The number of aryl methyl sites for hydroxylation is 1. The normalized spacial score (nSPS) is 12.7. The van der Waals surface area contributed by atoms with E-state index in [1.807, 2.05) is 13.8 Å². The molecule has 20 heavy (non-hydrogen) atoms. The van der Waals surface area contributed by atoms with Crippen LogP contribution in [0.3, 0.4) is 0 Å². The van der Waals surface area contributed by atoms with Gasteiger partial charge in [-0.1, -0.05) is 27.7 Å². The maximum Gasteiger partial charge on any atom is 0.389 e. The van der Waals surface area contributed by atoms with Crippen molar-refractivity contribution in [2.75, 3.05) is 0 Å². The van der Waals surface area contributed by atoms with Gasteiger partial charge in [0.2, 0.25) is 0 Å². The summed E-state index contributed by atoms with van der Waals surface area (Å²) in [6, 6.07) is 0.350. The minimum Gasteiger partial charge on any atom is -0.310 e. The van der Waals surface area contributed by atoms with E-state index >= 15 is 0 Å². The third-order valence-corrected chi connectivity index (χ3v) is 3.87. The highest BCUT2D eigenvalue weighted by molar-refractivity contribution is 7.11. The molecule has 0 atom stereocenters. The summed E-state index contributed by atoms with van der Waals surface area (Å²) < 4.78 is 36.8. The molecule has 1 aromatic rings. The summed E-state index contributed by atoms with van der Waals surface area (Å²) in [7, 11) is 0. The molecule has 0 aromatic carbocycles. The zero-order valence-electron chi connectivity index (χ0n) is 12.5. The maximum atomic E-state index is 12.3. The second-order valence-electron chi connectivity index (χ2n) is 5.73. The van der Waals surface area contributed by atoms with Gasteiger partial charge in [0.05, 0.1) is 10.7 Å². The topological polar surface area (TPSA) is 24.9 Å². The van der Waals surface area contributed by atoms with Gasteiger partial charge in [-0.2, -0.15) is 13.2 Å². The molecule has 0 bridgehead atoms. The van der Waals surface area contributed by atoms with Gasteiger partial charge in [-0.3, -0.25) is 0 Å². The highest BCUT2D eigenvalue weighted by atomic mass is 32.1. The monoisotopic (exact) mass is 308 g/mol. The molecule has 0 saturated heterocycles. The number of hydrogen-bond donors (Lipinski definition) is 1. The molecule has 116 valence electrons. The van der Waals surface area contributed by atoms with Crippen LogP contribution in [-0.4, -0.2) is 17.2 Å². The van der Waals surface area contributed by atoms with E-state index in [2.05, 4.69) is 24.1 Å². The van der Waals surface area contributed by atoms with Gasteiger partial charge in [0.25, 0.3) is 0 Å². The van der Waals surface area contributed by atoms with Crippen molar-refractivity contribution in [2.45, 2.75) is 65.7 Å². The Hall–Kier alpha value is -0.620. The fourth-order valence-corrected chi connectivity index (χ4v) is 2.82. The molecule has 0 saturated carbocycles. The van der Waals surface area contributed by atoms with Crippen molar-refractivity contribution < 1.29 is 13.2 Å². The fourth-order valence-electron chi connectivity index (χ4n) is 1.77. The van der Waals surface area contributed by atoms with Crippen LogP contribution in [0.4, 0.5) is 13.2 Å². The quantitative estimate of drug-likeness (QED) is 0.811. The third-order valence-electron chi connectivity index (χ3n) is 2.72. The smallest absolute Gasteiger partial charge is 0.310 e. The Bertz CT molecular complexity index is 411. The number of thiazole rings is 1. The van der Waals surface area contributed by atoms with Crippen LogP contribution in [0, 0.1) is 5.92 Å². The highest BCUT2D eigenvalue weighted by Gasteiger charge is 2.27. The molecule has 0 spiro atoms. The molecular formula is C14H23F3N2S. The molecule has 2 nitrogen and oxygen atoms in total.